The standard InChI is InChI=1S/C18H10F2N6/c19-12-1-2-16(14(20)7-12)23-5-3-15-13-10-24-18-11(8-21)9-25-26(18)17(13)4-6-22-15/h1-7,9-10,23H/b5-3+. The summed E-state index contributed by atoms with van der Waals surface area (Å²) in [4.78, 5) is 8.55. The molecule has 0 fully saturated rings. The first kappa shape index (κ1) is 15.7. The van der Waals surface area contributed by atoms with Crippen LogP contribution in [-0.2, 0) is 0 Å². The molecule has 0 atom stereocenters. The fraction of sp³-hybridized carbons (Fsp3) is 0. The zero-order valence-corrected chi connectivity index (χ0v) is 13.2. The molecule has 4 aromatic rings. The molecule has 0 aliphatic rings. The zero-order valence-electron chi connectivity index (χ0n) is 13.2. The van der Waals surface area contributed by atoms with Crippen LogP contribution >= 0.6 is 0 Å². The van der Waals surface area contributed by atoms with E-state index in [-0.39, 0.29) is 5.69 Å². The van der Waals surface area contributed by atoms with E-state index in [4.69, 9.17) is 5.26 Å². The van der Waals surface area contributed by atoms with Crippen molar-refractivity contribution in [3.8, 4) is 6.07 Å². The van der Waals surface area contributed by atoms with E-state index in [9.17, 15) is 8.78 Å². The SMILES string of the molecule is N#Cc1cnn2c1ncc1c(/C=C/Nc3ccc(F)cc3F)nccc12. The van der Waals surface area contributed by atoms with E-state index in [1.807, 2.05) is 6.07 Å². The lowest BCUT2D eigenvalue weighted by Crippen LogP contribution is -1.97. The van der Waals surface area contributed by atoms with Gasteiger partial charge in [0.15, 0.2) is 5.65 Å². The summed E-state index contributed by atoms with van der Waals surface area (Å²) in [5.74, 6) is -1.33. The number of aromatic nitrogens is 4. The smallest absolute Gasteiger partial charge is 0.173 e. The molecule has 3 aromatic heterocycles. The number of hydrogen-bond acceptors (Lipinski definition) is 5. The molecule has 1 N–H and O–H groups in total. The highest BCUT2D eigenvalue weighted by molar-refractivity contribution is 5.87. The van der Waals surface area contributed by atoms with Gasteiger partial charge in [-0.05, 0) is 24.3 Å². The summed E-state index contributed by atoms with van der Waals surface area (Å²) in [7, 11) is 0. The number of pyridine rings is 1. The third kappa shape index (κ3) is 2.61. The Hall–Kier alpha value is -3.86. The molecule has 0 unspecified atom stereocenters. The molecule has 0 amide bonds. The number of nitrogens with zero attached hydrogens (tertiary/aromatic N) is 5. The molecule has 0 radical (unpaired) electrons. The maximum Gasteiger partial charge on any atom is 0.173 e. The van der Waals surface area contributed by atoms with E-state index >= 15 is 0 Å². The molecule has 1 aromatic carbocycles. The highest BCUT2D eigenvalue weighted by Crippen LogP contribution is 2.20. The predicted octanol–water partition coefficient (Wildman–Crippen LogP) is 3.51. The number of nitrogens with one attached hydrogen (secondary N) is 1. The second kappa shape index (κ2) is 6.22. The van der Waals surface area contributed by atoms with Crippen LogP contribution in [0.15, 0.2) is 49.1 Å². The molecule has 0 aliphatic heterocycles. The number of anilines is 1. The van der Waals surface area contributed by atoms with Crippen molar-refractivity contribution in [2.45, 2.75) is 0 Å². The minimum atomic E-state index is -0.690. The van der Waals surface area contributed by atoms with Crippen molar-refractivity contribution < 1.29 is 8.78 Å². The fourth-order valence-electron chi connectivity index (χ4n) is 2.59. The molecule has 0 spiro atoms. The molecule has 8 heteroatoms. The molecule has 0 aliphatic carbocycles. The van der Waals surface area contributed by atoms with Gasteiger partial charge in [0.2, 0.25) is 0 Å². The van der Waals surface area contributed by atoms with Gasteiger partial charge < -0.3 is 5.32 Å². The van der Waals surface area contributed by atoms with Crippen molar-refractivity contribution >= 4 is 28.3 Å². The molecule has 6 nitrogen and oxygen atoms in total. The Balaban J connectivity index is 1.71. The highest BCUT2D eigenvalue weighted by Gasteiger charge is 2.10. The van der Waals surface area contributed by atoms with E-state index in [0.717, 1.165) is 11.6 Å². The summed E-state index contributed by atoms with van der Waals surface area (Å²) < 4.78 is 28.1. The average molecular weight is 348 g/mol. The predicted molar refractivity (Wildman–Crippen MR) is 92.0 cm³/mol. The lowest BCUT2D eigenvalue weighted by Gasteiger charge is -2.05. The Morgan fingerprint density at radius 3 is 2.85 bits per heavy atom. The van der Waals surface area contributed by atoms with Crippen LogP contribution in [0.2, 0.25) is 0 Å². The second-order valence-electron chi connectivity index (χ2n) is 5.39. The van der Waals surface area contributed by atoms with Crippen LogP contribution in [0.4, 0.5) is 14.5 Å². The minimum Gasteiger partial charge on any atom is -0.359 e. The van der Waals surface area contributed by atoms with E-state index in [0.29, 0.717) is 22.3 Å². The van der Waals surface area contributed by atoms with Crippen molar-refractivity contribution in [1.29, 1.82) is 5.26 Å². The molecule has 0 saturated carbocycles. The first-order valence-corrected chi connectivity index (χ1v) is 7.57. The second-order valence-corrected chi connectivity index (χ2v) is 5.39. The van der Waals surface area contributed by atoms with Crippen LogP contribution < -0.4 is 5.32 Å². The van der Waals surface area contributed by atoms with Gasteiger partial charge in [-0.3, -0.25) is 4.98 Å². The monoisotopic (exact) mass is 348 g/mol. The van der Waals surface area contributed by atoms with E-state index in [2.05, 4.69) is 20.4 Å². The van der Waals surface area contributed by atoms with Gasteiger partial charge in [-0.2, -0.15) is 10.4 Å². The number of halogens is 2. The number of hydrogen-bond donors (Lipinski definition) is 1. The third-order valence-corrected chi connectivity index (χ3v) is 3.82. The minimum absolute atomic E-state index is 0.147. The van der Waals surface area contributed by atoms with Crippen LogP contribution in [0.25, 0.3) is 22.6 Å². The van der Waals surface area contributed by atoms with Crippen molar-refractivity contribution in [2.75, 3.05) is 5.32 Å². The first-order chi connectivity index (χ1) is 12.7. The lowest BCUT2D eigenvalue weighted by atomic mass is 10.2. The van der Waals surface area contributed by atoms with Crippen molar-refractivity contribution in [3.05, 3.63) is 71.9 Å². The van der Waals surface area contributed by atoms with Gasteiger partial charge in [0, 0.05) is 30.0 Å². The van der Waals surface area contributed by atoms with Gasteiger partial charge in [0.05, 0.1) is 23.1 Å². The Labute approximate surface area is 146 Å². The Morgan fingerprint density at radius 1 is 1.15 bits per heavy atom. The molecule has 26 heavy (non-hydrogen) atoms. The molecule has 0 saturated heterocycles. The molecular formula is C18H10F2N6. The Bertz CT molecular complexity index is 1210. The Morgan fingerprint density at radius 2 is 2.04 bits per heavy atom. The van der Waals surface area contributed by atoms with E-state index < -0.39 is 11.6 Å². The third-order valence-electron chi connectivity index (χ3n) is 3.82. The van der Waals surface area contributed by atoms with Gasteiger partial charge in [0.1, 0.15) is 23.3 Å². The fourth-order valence-corrected chi connectivity index (χ4v) is 2.59. The average Bonchev–Trinajstić information content (AvgIpc) is 3.07. The van der Waals surface area contributed by atoms with Gasteiger partial charge >= 0.3 is 0 Å². The largest absolute Gasteiger partial charge is 0.359 e. The summed E-state index contributed by atoms with van der Waals surface area (Å²) in [6, 6.07) is 7.09. The van der Waals surface area contributed by atoms with Crippen LogP contribution in [0, 0.1) is 23.0 Å². The van der Waals surface area contributed by atoms with E-state index in [1.165, 1.54) is 24.5 Å². The van der Waals surface area contributed by atoms with Gasteiger partial charge in [0.25, 0.3) is 0 Å². The Kier molecular flexibility index (Phi) is 3.74. The lowest BCUT2D eigenvalue weighted by molar-refractivity contribution is 0.586. The van der Waals surface area contributed by atoms with Crippen LogP contribution in [0.5, 0.6) is 0 Å². The number of benzene rings is 1. The normalized spacial score (nSPS) is 11.3. The van der Waals surface area contributed by atoms with Gasteiger partial charge in [-0.15, -0.1) is 0 Å². The van der Waals surface area contributed by atoms with Crippen LogP contribution in [0.3, 0.4) is 0 Å². The molecule has 126 valence electrons. The van der Waals surface area contributed by atoms with Crippen LogP contribution in [0.1, 0.15) is 11.3 Å². The summed E-state index contributed by atoms with van der Waals surface area (Å²) >= 11 is 0. The maximum absolute atomic E-state index is 13.6. The number of fused-ring (bicyclic) bond motifs is 3. The number of rotatable bonds is 3. The van der Waals surface area contributed by atoms with Crippen molar-refractivity contribution in [1.82, 2.24) is 19.6 Å². The highest BCUT2D eigenvalue weighted by atomic mass is 19.1. The van der Waals surface area contributed by atoms with Crippen molar-refractivity contribution in [2.24, 2.45) is 0 Å². The zero-order chi connectivity index (χ0) is 18.1. The van der Waals surface area contributed by atoms with Crippen molar-refractivity contribution in [3.63, 3.8) is 0 Å². The quantitative estimate of drug-likeness (QED) is 0.613. The number of nitriles is 1. The van der Waals surface area contributed by atoms with Gasteiger partial charge in [-0.25, -0.2) is 18.3 Å². The molecular weight excluding hydrogens is 338 g/mol. The summed E-state index contributed by atoms with van der Waals surface area (Å²) in [6.07, 6.45) is 7.82. The summed E-state index contributed by atoms with van der Waals surface area (Å²) in [5, 5.41) is 16.7. The summed E-state index contributed by atoms with van der Waals surface area (Å²) in [6.45, 7) is 0. The molecule has 0 bridgehead atoms. The van der Waals surface area contributed by atoms with E-state index in [1.54, 1.807) is 29.1 Å². The maximum atomic E-state index is 13.6. The summed E-state index contributed by atoms with van der Waals surface area (Å²) in [5.41, 5.74) is 2.32. The topological polar surface area (TPSA) is 78.9 Å². The molecule has 4 rings (SSSR count). The van der Waals surface area contributed by atoms with Crippen LogP contribution in [-0.4, -0.2) is 19.6 Å². The first-order valence-electron chi connectivity index (χ1n) is 7.57. The van der Waals surface area contributed by atoms with Gasteiger partial charge in [-0.1, -0.05) is 0 Å². The molecule has 3 heterocycles.